The van der Waals surface area contributed by atoms with E-state index in [0.29, 0.717) is 17.0 Å². The van der Waals surface area contributed by atoms with Crippen LogP contribution in [0.15, 0.2) is 24.4 Å². The maximum Gasteiger partial charge on any atom is 0.229 e. The van der Waals surface area contributed by atoms with Crippen molar-refractivity contribution in [3.05, 3.63) is 29.4 Å². The summed E-state index contributed by atoms with van der Waals surface area (Å²) in [5, 5.41) is 3.92. The number of aldehydes is 1. The van der Waals surface area contributed by atoms with Gasteiger partial charge in [0.2, 0.25) is 5.95 Å². The van der Waals surface area contributed by atoms with Crippen molar-refractivity contribution in [3.63, 3.8) is 0 Å². The molecule has 1 saturated carbocycles. The van der Waals surface area contributed by atoms with Crippen LogP contribution in [0.1, 0.15) is 25.7 Å². The lowest BCUT2D eigenvalue weighted by molar-refractivity contribution is -0.108. The van der Waals surface area contributed by atoms with E-state index in [4.69, 9.17) is 16.6 Å². The molecular weight excluding hydrogens is 426 g/mol. The van der Waals surface area contributed by atoms with Crippen LogP contribution in [0.3, 0.4) is 0 Å². The number of aromatic nitrogens is 2. The summed E-state index contributed by atoms with van der Waals surface area (Å²) in [5.41, 5.74) is 2.79. The molecule has 1 saturated heterocycles. The highest BCUT2D eigenvalue weighted by atomic mass is 35.5. The monoisotopic (exact) mass is 455 g/mol. The Balaban J connectivity index is 1.38. The minimum atomic E-state index is -0.330. The van der Waals surface area contributed by atoms with Gasteiger partial charge >= 0.3 is 0 Å². The van der Waals surface area contributed by atoms with Gasteiger partial charge in [0.25, 0.3) is 0 Å². The Morgan fingerprint density at radius 3 is 2.56 bits per heavy atom. The van der Waals surface area contributed by atoms with Gasteiger partial charge in [-0.3, -0.25) is 4.79 Å². The molecule has 0 spiro atoms. The number of nitrogens with one attached hydrogen (secondary N) is 1. The van der Waals surface area contributed by atoms with E-state index in [0.717, 1.165) is 68.2 Å². The first-order chi connectivity index (χ1) is 15.5. The van der Waals surface area contributed by atoms with Gasteiger partial charge in [-0.1, -0.05) is 24.4 Å². The average molecular weight is 456 g/mol. The van der Waals surface area contributed by atoms with Gasteiger partial charge in [0.15, 0.2) is 18.3 Å². The molecule has 0 amide bonds. The summed E-state index contributed by atoms with van der Waals surface area (Å²) in [4.78, 5) is 30.0. The number of hydrogen-bond donors (Lipinski definition) is 1. The van der Waals surface area contributed by atoms with Crippen LogP contribution in [-0.2, 0) is 4.79 Å². The number of carbonyl (C=O) groups excluding carboxylic acids is 1. The summed E-state index contributed by atoms with van der Waals surface area (Å²) >= 11 is 6.63. The van der Waals surface area contributed by atoms with E-state index < -0.39 is 0 Å². The topological polar surface area (TPSA) is 67.8 Å². The fraction of sp³-hybridized carbons (Fsp3) is 0.522. The fourth-order valence-corrected chi connectivity index (χ4v) is 5.26. The molecule has 8 nitrogen and oxygen atoms in total. The van der Waals surface area contributed by atoms with Crippen molar-refractivity contribution >= 4 is 46.7 Å². The zero-order valence-corrected chi connectivity index (χ0v) is 19.4. The van der Waals surface area contributed by atoms with Gasteiger partial charge in [-0.25, -0.2) is 4.98 Å². The molecule has 170 valence electrons. The van der Waals surface area contributed by atoms with Crippen LogP contribution in [0, 0.1) is 0 Å². The van der Waals surface area contributed by atoms with Gasteiger partial charge in [-0.05, 0) is 38.1 Å². The largest absolute Gasteiger partial charge is 0.369 e. The Labute approximate surface area is 194 Å². The van der Waals surface area contributed by atoms with E-state index in [1.54, 1.807) is 6.20 Å². The van der Waals surface area contributed by atoms with Crippen LogP contribution in [-0.4, -0.2) is 73.6 Å². The lowest BCUT2D eigenvalue weighted by Crippen LogP contribution is -2.47. The maximum absolute atomic E-state index is 11.9. The molecule has 32 heavy (non-hydrogen) atoms. The summed E-state index contributed by atoms with van der Waals surface area (Å²) in [6.45, 7) is 4.09. The van der Waals surface area contributed by atoms with Crippen LogP contribution in [0.25, 0.3) is 0 Å². The first-order valence-electron chi connectivity index (χ1n) is 11.4. The summed E-state index contributed by atoms with van der Waals surface area (Å²) < 4.78 is 0. The Hall–Kier alpha value is -2.58. The van der Waals surface area contributed by atoms with Crippen molar-refractivity contribution in [1.29, 1.82) is 0 Å². The highest BCUT2D eigenvalue weighted by Crippen LogP contribution is 2.41. The van der Waals surface area contributed by atoms with E-state index in [1.807, 2.05) is 24.1 Å². The third kappa shape index (κ3) is 3.86. The predicted octanol–water partition coefficient (Wildman–Crippen LogP) is 3.35. The van der Waals surface area contributed by atoms with Crippen LogP contribution in [0.5, 0.6) is 0 Å². The molecule has 1 unspecified atom stereocenters. The van der Waals surface area contributed by atoms with Gasteiger partial charge in [0.1, 0.15) is 5.69 Å². The van der Waals surface area contributed by atoms with Crippen LogP contribution >= 0.6 is 11.6 Å². The Kier molecular flexibility index (Phi) is 5.82. The van der Waals surface area contributed by atoms with Crippen LogP contribution < -0.4 is 20.0 Å². The zero-order chi connectivity index (χ0) is 22.2. The molecule has 3 heterocycles. The Morgan fingerprint density at radius 2 is 1.88 bits per heavy atom. The number of nitrogens with zero attached hydrogens (tertiary/aromatic N) is 6. The zero-order valence-electron chi connectivity index (χ0n) is 18.7. The molecular formula is C23H30ClN7O. The molecule has 2 fully saturated rings. The molecule has 5 rings (SSSR count). The minimum Gasteiger partial charge on any atom is -0.369 e. The maximum atomic E-state index is 11.9. The summed E-state index contributed by atoms with van der Waals surface area (Å²) in [5.74, 6) is 1.31. The fourth-order valence-electron chi connectivity index (χ4n) is 5.04. The number of hydrogen-bond acceptors (Lipinski definition) is 8. The van der Waals surface area contributed by atoms with Crippen molar-refractivity contribution in [3.8, 4) is 0 Å². The number of likely N-dealkylation sites (N-methyl/N-ethyl adjacent to an activating group) is 2. The van der Waals surface area contributed by atoms with E-state index in [-0.39, 0.29) is 6.17 Å². The van der Waals surface area contributed by atoms with Gasteiger partial charge in [0, 0.05) is 45.0 Å². The van der Waals surface area contributed by atoms with E-state index in [9.17, 15) is 4.79 Å². The quantitative estimate of drug-likeness (QED) is 0.688. The van der Waals surface area contributed by atoms with E-state index in [1.165, 1.54) is 12.8 Å². The van der Waals surface area contributed by atoms with Crippen molar-refractivity contribution in [2.24, 2.45) is 0 Å². The molecule has 2 aliphatic heterocycles. The molecule has 1 aromatic heterocycles. The number of anilines is 5. The van der Waals surface area contributed by atoms with Gasteiger partial charge < -0.3 is 24.9 Å². The highest BCUT2D eigenvalue weighted by molar-refractivity contribution is 6.33. The molecule has 0 bridgehead atoms. The molecule has 3 aliphatic rings. The number of fused-ring (bicyclic) bond motifs is 1. The molecule has 2 aromatic rings. The molecule has 1 aromatic carbocycles. The molecule has 1 atom stereocenters. The number of benzene rings is 1. The first-order valence-corrected chi connectivity index (χ1v) is 11.8. The first kappa shape index (κ1) is 21.3. The van der Waals surface area contributed by atoms with E-state index >= 15 is 0 Å². The number of carbonyl (C=O) groups is 1. The van der Waals surface area contributed by atoms with Crippen LogP contribution in [0.4, 0.5) is 28.8 Å². The standard InChI is InChI=1S/C23H30ClN7O/c1-28-9-11-30(12-10-28)17-7-8-19(18(24)13-17)26-23-25-14-20-22(27-23)31(16-5-3-4-6-16)21(15-32)29(20)2/h7-8,13-16,21H,3-6,9-12H2,1-2H3,(H,25,26,27). The van der Waals surface area contributed by atoms with Crippen molar-refractivity contribution < 1.29 is 4.79 Å². The van der Waals surface area contributed by atoms with E-state index in [2.05, 4.69) is 38.1 Å². The second-order valence-electron chi connectivity index (χ2n) is 8.99. The lowest BCUT2D eigenvalue weighted by Gasteiger charge is -2.34. The van der Waals surface area contributed by atoms with Gasteiger partial charge in [0.05, 0.1) is 16.9 Å². The molecule has 9 heteroatoms. The van der Waals surface area contributed by atoms with Crippen LogP contribution in [0.2, 0.25) is 5.02 Å². The van der Waals surface area contributed by atoms with Crippen molar-refractivity contribution in [2.75, 3.05) is 60.3 Å². The Morgan fingerprint density at radius 1 is 1.12 bits per heavy atom. The SMILES string of the molecule is CN1CCN(c2ccc(Nc3ncc4c(n3)N(C3CCCC3)C(C=O)N4C)c(Cl)c2)CC1. The minimum absolute atomic E-state index is 0.330. The van der Waals surface area contributed by atoms with Crippen molar-refractivity contribution in [2.45, 2.75) is 37.9 Å². The number of halogens is 1. The molecule has 1 aliphatic carbocycles. The second kappa shape index (κ2) is 8.75. The lowest BCUT2D eigenvalue weighted by atomic mass is 10.2. The average Bonchev–Trinajstić information content (AvgIpc) is 3.41. The number of rotatable bonds is 5. The summed E-state index contributed by atoms with van der Waals surface area (Å²) in [7, 11) is 4.08. The highest BCUT2D eigenvalue weighted by Gasteiger charge is 2.40. The molecule has 0 radical (unpaired) electrons. The number of piperazine rings is 1. The van der Waals surface area contributed by atoms with Crippen molar-refractivity contribution in [1.82, 2.24) is 14.9 Å². The van der Waals surface area contributed by atoms with Gasteiger partial charge in [-0.15, -0.1) is 0 Å². The Bertz CT molecular complexity index is 988. The third-order valence-electron chi connectivity index (χ3n) is 6.96. The van der Waals surface area contributed by atoms with Gasteiger partial charge in [-0.2, -0.15) is 4.98 Å². The third-order valence-corrected chi connectivity index (χ3v) is 7.28. The second-order valence-corrected chi connectivity index (χ2v) is 9.40. The summed E-state index contributed by atoms with van der Waals surface area (Å²) in [6, 6.07) is 6.42. The summed E-state index contributed by atoms with van der Waals surface area (Å²) in [6.07, 6.45) is 7.02. The predicted molar refractivity (Wildman–Crippen MR) is 129 cm³/mol. The molecule has 1 N–H and O–H groups in total. The smallest absolute Gasteiger partial charge is 0.229 e. The normalized spacial score (nSPS) is 21.8.